The highest BCUT2D eigenvalue weighted by Crippen LogP contribution is 2.61. The number of likely N-dealkylation sites (tertiary alicyclic amines) is 1. The maximum absolute atomic E-state index is 12.6. The first-order chi connectivity index (χ1) is 15.1. The summed E-state index contributed by atoms with van der Waals surface area (Å²) in [7, 11) is 0. The molecule has 6 heteroatoms. The zero-order valence-corrected chi connectivity index (χ0v) is 19.1. The molecular weight excluding hydrogens is 449 g/mol. The van der Waals surface area contributed by atoms with Crippen LogP contribution < -0.4 is 4.74 Å². The number of thioether (sulfide) groups is 1. The van der Waals surface area contributed by atoms with E-state index >= 15 is 0 Å². The van der Waals surface area contributed by atoms with Crippen LogP contribution in [0.25, 0.3) is 0 Å². The van der Waals surface area contributed by atoms with E-state index in [1.54, 1.807) is 12.1 Å². The molecule has 1 amide bonds. The Morgan fingerprint density at radius 3 is 2.39 bits per heavy atom. The van der Waals surface area contributed by atoms with Gasteiger partial charge in [0, 0.05) is 17.8 Å². The molecule has 2 aliphatic rings. The minimum Gasteiger partial charge on any atom is -0.410 e. The van der Waals surface area contributed by atoms with Gasteiger partial charge in [0.25, 0.3) is 0 Å². The first-order valence-electron chi connectivity index (χ1n) is 10.3. The highest BCUT2D eigenvalue weighted by atomic mass is 35.5. The van der Waals surface area contributed by atoms with Gasteiger partial charge in [0.05, 0.1) is 15.3 Å². The van der Waals surface area contributed by atoms with Crippen molar-refractivity contribution in [1.29, 1.82) is 0 Å². The van der Waals surface area contributed by atoms with Crippen LogP contribution in [0.1, 0.15) is 34.8 Å². The average Bonchev–Trinajstić information content (AvgIpc) is 3.11. The molecule has 0 bridgehead atoms. The molecule has 1 atom stereocenters. The highest BCUT2D eigenvalue weighted by Gasteiger charge is 2.47. The van der Waals surface area contributed by atoms with E-state index in [0.717, 1.165) is 18.4 Å². The van der Waals surface area contributed by atoms with Crippen molar-refractivity contribution in [3.63, 3.8) is 0 Å². The van der Waals surface area contributed by atoms with Gasteiger partial charge in [-0.15, -0.1) is 11.8 Å². The zero-order chi connectivity index (χ0) is 21.4. The lowest BCUT2D eigenvalue weighted by molar-refractivity contribution is 0.135. The number of fused-ring (bicyclic) bond motifs is 2. The van der Waals surface area contributed by atoms with Crippen LogP contribution >= 0.6 is 35.0 Å². The van der Waals surface area contributed by atoms with Gasteiger partial charge in [-0.2, -0.15) is 0 Å². The minimum atomic E-state index is -0.279. The second-order valence-electron chi connectivity index (χ2n) is 7.92. The van der Waals surface area contributed by atoms with Gasteiger partial charge in [0.1, 0.15) is 5.75 Å². The molecule has 0 aromatic heterocycles. The smallest absolute Gasteiger partial charge is 0.410 e. The Hall–Kier alpha value is -2.14. The topological polar surface area (TPSA) is 29.5 Å². The van der Waals surface area contributed by atoms with Gasteiger partial charge in [-0.25, -0.2) is 4.79 Å². The summed E-state index contributed by atoms with van der Waals surface area (Å²) in [6.07, 6.45) is 1.49. The number of amides is 1. The Kier molecular flexibility index (Phi) is 5.63. The normalized spacial score (nSPS) is 19.3. The maximum atomic E-state index is 12.6. The van der Waals surface area contributed by atoms with E-state index in [9.17, 15) is 4.79 Å². The Bertz CT molecular complexity index is 1110. The average molecular weight is 470 g/mol. The van der Waals surface area contributed by atoms with E-state index < -0.39 is 0 Å². The van der Waals surface area contributed by atoms with Crippen molar-refractivity contribution in [3.05, 3.63) is 99.5 Å². The summed E-state index contributed by atoms with van der Waals surface area (Å²) in [5.41, 5.74) is 3.85. The first-order valence-corrected chi connectivity index (χ1v) is 11.9. The number of hydrogen-bond acceptors (Lipinski definition) is 3. The molecule has 1 fully saturated rings. The SMILES string of the molecule is O=C(Oc1ccccc1)N1CCC2(CC1)SC(c1ccc(Cl)c(Cl)c1)c1ccccc12. The third kappa shape index (κ3) is 3.93. The fraction of sp³-hybridized carbons (Fsp3) is 0.240. The number of benzene rings is 3. The van der Waals surface area contributed by atoms with Gasteiger partial charge in [-0.3, -0.25) is 0 Å². The first kappa shape index (κ1) is 20.7. The Balaban J connectivity index is 1.36. The molecule has 5 rings (SSSR count). The molecule has 2 aliphatic heterocycles. The summed E-state index contributed by atoms with van der Waals surface area (Å²) in [6, 6.07) is 23.8. The number of rotatable bonds is 2. The number of nitrogens with zero attached hydrogens (tertiary/aromatic N) is 1. The van der Waals surface area contributed by atoms with Crippen LogP contribution in [0, 0.1) is 0 Å². The molecule has 0 N–H and O–H groups in total. The molecule has 1 unspecified atom stereocenters. The van der Waals surface area contributed by atoms with Crippen LogP contribution in [0.15, 0.2) is 72.8 Å². The van der Waals surface area contributed by atoms with Crippen molar-refractivity contribution in [1.82, 2.24) is 4.90 Å². The summed E-state index contributed by atoms with van der Waals surface area (Å²) in [4.78, 5) is 14.5. The predicted molar refractivity (Wildman–Crippen MR) is 127 cm³/mol. The zero-order valence-electron chi connectivity index (χ0n) is 16.8. The van der Waals surface area contributed by atoms with Gasteiger partial charge < -0.3 is 9.64 Å². The molecule has 0 radical (unpaired) electrons. The maximum Gasteiger partial charge on any atom is 0.415 e. The molecule has 158 valence electrons. The van der Waals surface area contributed by atoms with Crippen LogP contribution in [0.3, 0.4) is 0 Å². The van der Waals surface area contributed by atoms with E-state index in [2.05, 4.69) is 30.3 Å². The largest absolute Gasteiger partial charge is 0.415 e. The van der Waals surface area contributed by atoms with Gasteiger partial charge in [-0.05, 0) is 53.8 Å². The van der Waals surface area contributed by atoms with Gasteiger partial charge >= 0.3 is 6.09 Å². The van der Waals surface area contributed by atoms with E-state index in [0.29, 0.717) is 28.9 Å². The fourth-order valence-electron chi connectivity index (χ4n) is 4.51. The Morgan fingerprint density at radius 1 is 0.935 bits per heavy atom. The van der Waals surface area contributed by atoms with Crippen molar-refractivity contribution in [2.75, 3.05) is 13.1 Å². The standard InChI is InChI=1S/C25H21Cl2NO2S/c26-21-11-10-17(16-22(21)27)23-19-8-4-5-9-20(19)25(31-23)12-14-28(15-13-25)24(29)30-18-6-2-1-3-7-18/h1-11,16,23H,12-15H2. The quantitative estimate of drug-likeness (QED) is 0.393. The van der Waals surface area contributed by atoms with Gasteiger partial charge in [0.15, 0.2) is 0 Å². The molecule has 0 aliphatic carbocycles. The second-order valence-corrected chi connectivity index (χ2v) is 10.2. The molecule has 0 saturated carbocycles. The van der Waals surface area contributed by atoms with Gasteiger partial charge in [-0.1, -0.05) is 71.7 Å². The number of hydrogen-bond donors (Lipinski definition) is 0. The third-order valence-corrected chi connectivity index (χ3v) is 8.68. The summed E-state index contributed by atoms with van der Waals surface area (Å²) in [5, 5.41) is 1.35. The van der Waals surface area contributed by atoms with Crippen LogP contribution in [0.5, 0.6) is 5.75 Å². The van der Waals surface area contributed by atoms with Crippen molar-refractivity contribution in [2.24, 2.45) is 0 Å². The molecule has 1 saturated heterocycles. The number of carbonyl (C=O) groups excluding carboxylic acids is 1. The van der Waals surface area contributed by atoms with E-state index in [-0.39, 0.29) is 16.1 Å². The van der Waals surface area contributed by atoms with Gasteiger partial charge in [0.2, 0.25) is 0 Å². The molecular formula is C25H21Cl2NO2S. The summed E-state index contributed by atoms with van der Waals surface area (Å²) in [5.74, 6) is 0.577. The van der Waals surface area contributed by atoms with E-state index in [4.69, 9.17) is 27.9 Å². The number of piperidine rings is 1. The van der Waals surface area contributed by atoms with E-state index in [1.807, 2.05) is 47.0 Å². The Morgan fingerprint density at radius 2 is 1.65 bits per heavy atom. The molecule has 31 heavy (non-hydrogen) atoms. The highest BCUT2D eigenvalue weighted by molar-refractivity contribution is 8.01. The minimum absolute atomic E-state index is 0.0170. The molecule has 3 aromatic rings. The monoisotopic (exact) mass is 469 g/mol. The summed E-state index contributed by atoms with van der Waals surface area (Å²) < 4.78 is 5.53. The second kappa shape index (κ2) is 8.42. The predicted octanol–water partition coefficient (Wildman–Crippen LogP) is 7.32. The van der Waals surface area contributed by atoms with Crippen molar-refractivity contribution >= 4 is 41.1 Å². The lowest BCUT2D eigenvalue weighted by atomic mass is 9.84. The lowest BCUT2D eigenvalue weighted by Crippen LogP contribution is -2.44. The van der Waals surface area contributed by atoms with Crippen molar-refractivity contribution < 1.29 is 9.53 Å². The van der Waals surface area contributed by atoms with Crippen LogP contribution in [-0.2, 0) is 4.75 Å². The van der Waals surface area contributed by atoms with Crippen molar-refractivity contribution in [3.8, 4) is 5.75 Å². The van der Waals surface area contributed by atoms with Crippen LogP contribution in [-0.4, -0.2) is 24.1 Å². The number of para-hydroxylation sites is 1. The lowest BCUT2D eigenvalue weighted by Gasteiger charge is -2.39. The number of carbonyl (C=O) groups is 1. The Labute approximate surface area is 196 Å². The summed E-state index contributed by atoms with van der Waals surface area (Å²) in [6.45, 7) is 1.34. The van der Waals surface area contributed by atoms with Crippen LogP contribution in [0.4, 0.5) is 4.79 Å². The molecule has 2 heterocycles. The summed E-state index contributed by atoms with van der Waals surface area (Å²) >= 11 is 14.4. The van der Waals surface area contributed by atoms with E-state index in [1.165, 1.54) is 11.1 Å². The molecule has 1 spiro atoms. The fourth-order valence-corrected chi connectivity index (χ4v) is 6.61. The third-order valence-electron chi connectivity index (χ3n) is 6.10. The molecule has 3 nitrogen and oxygen atoms in total. The molecule has 3 aromatic carbocycles. The number of halogens is 2. The number of ether oxygens (including phenoxy) is 1. The van der Waals surface area contributed by atoms with Crippen molar-refractivity contribution in [2.45, 2.75) is 22.8 Å². The van der Waals surface area contributed by atoms with Crippen LogP contribution in [0.2, 0.25) is 10.0 Å².